The van der Waals surface area contributed by atoms with Crippen molar-refractivity contribution in [2.45, 2.75) is 33.1 Å². The molecule has 1 heterocycles. The first-order chi connectivity index (χ1) is 11.5. The number of amides is 1. The Kier molecular flexibility index (Phi) is 6.14. The molecule has 2 N–H and O–H groups in total. The number of carboxylic acid groups (broad SMARTS) is 1. The number of aryl methyl sites for hydroxylation is 1. The molecule has 0 unspecified atom stereocenters. The summed E-state index contributed by atoms with van der Waals surface area (Å²) in [7, 11) is 0. The zero-order valence-corrected chi connectivity index (χ0v) is 14.5. The molecule has 0 fully saturated rings. The molecule has 0 bridgehead atoms. The van der Waals surface area contributed by atoms with E-state index in [1.165, 1.54) is 11.3 Å². The van der Waals surface area contributed by atoms with E-state index in [0.717, 1.165) is 11.3 Å². The van der Waals surface area contributed by atoms with Crippen molar-refractivity contribution in [1.29, 1.82) is 0 Å². The average molecular weight is 351 g/mol. The highest BCUT2D eigenvalue weighted by Crippen LogP contribution is 2.32. The molecule has 0 spiro atoms. The second kappa shape index (κ2) is 8.10. The van der Waals surface area contributed by atoms with Crippen molar-refractivity contribution in [3.05, 3.63) is 28.7 Å². The number of esters is 1. The van der Waals surface area contributed by atoms with E-state index in [0.29, 0.717) is 23.4 Å². The number of carbonyl (C=O) groups is 3. The van der Waals surface area contributed by atoms with E-state index >= 15 is 0 Å². The van der Waals surface area contributed by atoms with Gasteiger partial charge in [-0.05, 0) is 32.3 Å². The Morgan fingerprint density at radius 1 is 1.25 bits per heavy atom. The Balaban J connectivity index is 2.21. The van der Waals surface area contributed by atoms with Gasteiger partial charge in [0.1, 0.15) is 5.00 Å². The van der Waals surface area contributed by atoms with Crippen LogP contribution in [0.2, 0.25) is 0 Å². The fourth-order valence-electron chi connectivity index (χ4n) is 2.65. The van der Waals surface area contributed by atoms with Gasteiger partial charge in [-0.2, -0.15) is 0 Å². The minimum Gasteiger partial charge on any atom is -0.481 e. The van der Waals surface area contributed by atoms with Gasteiger partial charge in [-0.15, -0.1) is 11.3 Å². The molecule has 130 valence electrons. The summed E-state index contributed by atoms with van der Waals surface area (Å²) >= 11 is 1.32. The van der Waals surface area contributed by atoms with Crippen LogP contribution in [0.5, 0.6) is 0 Å². The molecular weight excluding hydrogens is 330 g/mol. The number of ether oxygens (including phenoxy) is 1. The molecule has 24 heavy (non-hydrogen) atoms. The molecule has 0 aliphatic heterocycles. The lowest BCUT2D eigenvalue weighted by molar-refractivity contribution is -0.146. The lowest BCUT2D eigenvalue weighted by Crippen LogP contribution is -2.34. The fraction of sp³-hybridized carbons (Fsp3) is 0.471. The number of hydrogen-bond acceptors (Lipinski definition) is 5. The Morgan fingerprint density at radius 2 is 1.92 bits per heavy atom. The standard InChI is InChI=1S/C17H21NO5S/c1-3-10-9-13(17(22)23-4-2)15(24-10)18-14(19)11-7-5-6-8-12(11)16(20)21/h5-6,9,11-12H,3-4,7-8H2,1-2H3,(H,18,19)(H,20,21)/t11-,12-/m1/s1. The minimum atomic E-state index is -0.981. The molecule has 1 aliphatic carbocycles. The van der Waals surface area contributed by atoms with Gasteiger partial charge in [0.2, 0.25) is 5.91 Å². The highest BCUT2D eigenvalue weighted by Gasteiger charge is 2.34. The highest BCUT2D eigenvalue weighted by atomic mass is 32.1. The first kappa shape index (κ1) is 18.2. The van der Waals surface area contributed by atoms with E-state index in [1.807, 2.05) is 13.0 Å². The van der Waals surface area contributed by atoms with E-state index in [4.69, 9.17) is 4.74 Å². The normalized spacial score (nSPS) is 19.8. The van der Waals surface area contributed by atoms with Crippen LogP contribution in [0, 0.1) is 11.8 Å². The van der Waals surface area contributed by atoms with Crippen molar-refractivity contribution in [2.24, 2.45) is 11.8 Å². The van der Waals surface area contributed by atoms with Crippen molar-refractivity contribution >= 4 is 34.2 Å². The number of hydrogen-bond donors (Lipinski definition) is 2. The van der Waals surface area contributed by atoms with Gasteiger partial charge < -0.3 is 15.2 Å². The molecule has 7 heteroatoms. The molecule has 0 aromatic carbocycles. The van der Waals surface area contributed by atoms with E-state index in [-0.39, 0.29) is 12.5 Å². The third kappa shape index (κ3) is 4.03. The third-order valence-electron chi connectivity index (χ3n) is 3.95. The summed E-state index contributed by atoms with van der Waals surface area (Å²) in [6.07, 6.45) is 5.05. The predicted octanol–water partition coefficient (Wildman–Crippen LogP) is 3.09. The fourth-order valence-corrected chi connectivity index (χ4v) is 3.64. The molecule has 0 saturated carbocycles. The monoisotopic (exact) mass is 351 g/mol. The van der Waals surface area contributed by atoms with Crippen molar-refractivity contribution < 1.29 is 24.2 Å². The second-order valence-electron chi connectivity index (χ2n) is 5.51. The van der Waals surface area contributed by atoms with Crippen LogP contribution in [0.3, 0.4) is 0 Å². The maximum Gasteiger partial charge on any atom is 0.341 e. The van der Waals surface area contributed by atoms with Gasteiger partial charge in [-0.1, -0.05) is 19.1 Å². The first-order valence-corrected chi connectivity index (χ1v) is 8.78. The van der Waals surface area contributed by atoms with Gasteiger partial charge >= 0.3 is 11.9 Å². The van der Waals surface area contributed by atoms with Gasteiger partial charge in [0.25, 0.3) is 0 Å². The smallest absolute Gasteiger partial charge is 0.341 e. The van der Waals surface area contributed by atoms with E-state index in [2.05, 4.69) is 5.32 Å². The van der Waals surface area contributed by atoms with Crippen LogP contribution >= 0.6 is 11.3 Å². The third-order valence-corrected chi connectivity index (χ3v) is 5.14. The van der Waals surface area contributed by atoms with Crippen LogP contribution in [0.4, 0.5) is 5.00 Å². The Labute approximate surface area is 144 Å². The average Bonchev–Trinajstić information content (AvgIpc) is 2.98. The lowest BCUT2D eigenvalue weighted by atomic mass is 9.82. The SMILES string of the molecule is CCOC(=O)c1cc(CC)sc1NC(=O)[C@@H]1CC=CC[C@H]1C(=O)O. The van der Waals surface area contributed by atoms with Crippen LogP contribution in [0.25, 0.3) is 0 Å². The van der Waals surface area contributed by atoms with Crippen LogP contribution < -0.4 is 5.32 Å². The van der Waals surface area contributed by atoms with Crippen molar-refractivity contribution in [2.75, 3.05) is 11.9 Å². The van der Waals surface area contributed by atoms with Crippen molar-refractivity contribution in [1.82, 2.24) is 0 Å². The Bertz CT molecular complexity index is 664. The summed E-state index contributed by atoms with van der Waals surface area (Å²) in [6.45, 7) is 3.92. The van der Waals surface area contributed by atoms with Crippen LogP contribution in [-0.2, 0) is 20.7 Å². The zero-order chi connectivity index (χ0) is 17.7. The van der Waals surface area contributed by atoms with Crippen molar-refractivity contribution in [3.63, 3.8) is 0 Å². The number of carboxylic acids is 1. The summed E-state index contributed by atoms with van der Waals surface area (Å²) in [5.74, 6) is -3.23. The van der Waals surface area contributed by atoms with Crippen LogP contribution in [0.15, 0.2) is 18.2 Å². The van der Waals surface area contributed by atoms with E-state index in [9.17, 15) is 19.5 Å². The van der Waals surface area contributed by atoms with Gasteiger partial charge in [-0.25, -0.2) is 4.79 Å². The minimum absolute atomic E-state index is 0.248. The number of nitrogens with one attached hydrogen (secondary N) is 1. The van der Waals surface area contributed by atoms with E-state index < -0.39 is 23.8 Å². The number of anilines is 1. The summed E-state index contributed by atoms with van der Waals surface area (Å²) in [5, 5.41) is 12.5. The molecule has 6 nitrogen and oxygen atoms in total. The topological polar surface area (TPSA) is 92.7 Å². The number of aliphatic carboxylic acids is 1. The molecule has 1 amide bonds. The number of rotatable bonds is 6. The van der Waals surface area contributed by atoms with Gasteiger partial charge in [-0.3, -0.25) is 9.59 Å². The largest absolute Gasteiger partial charge is 0.481 e. The summed E-state index contributed by atoms with van der Waals surface area (Å²) in [4.78, 5) is 36.9. The lowest BCUT2D eigenvalue weighted by Gasteiger charge is -2.24. The summed E-state index contributed by atoms with van der Waals surface area (Å²) in [5.41, 5.74) is 0.324. The van der Waals surface area contributed by atoms with Crippen LogP contribution in [0.1, 0.15) is 41.9 Å². The Hall–Kier alpha value is -2.15. The summed E-state index contributed by atoms with van der Waals surface area (Å²) in [6, 6.07) is 1.72. The molecule has 1 aromatic heterocycles. The number of thiophene rings is 1. The molecule has 2 atom stereocenters. The first-order valence-electron chi connectivity index (χ1n) is 7.96. The van der Waals surface area contributed by atoms with E-state index in [1.54, 1.807) is 19.1 Å². The predicted molar refractivity (Wildman–Crippen MR) is 91.3 cm³/mol. The van der Waals surface area contributed by atoms with Crippen LogP contribution in [-0.4, -0.2) is 29.6 Å². The van der Waals surface area contributed by atoms with Gasteiger partial charge in [0.15, 0.2) is 0 Å². The zero-order valence-electron chi connectivity index (χ0n) is 13.7. The molecule has 1 aromatic rings. The molecular formula is C17H21NO5S. The second-order valence-corrected chi connectivity index (χ2v) is 6.65. The molecule has 0 radical (unpaired) electrons. The quantitative estimate of drug-likeness (QED) is 0.607. The van der Waals surface area contributed by atoms with Crippen molar-refractivity contribution in [3.8, 4) is 0 Å². The van der Waals surface area contributed by atoms with Gasteiger partial charge in [0, 0.05) is 4.88 Å². The maximum absolute atomic E-state index is 12.6. The molecule has 0 saturated heterocycles. The number of allylic oxidation sites excluding steroid dienone is 2. The number of carbonyl (C=O) groups excluding carboxylic acids is 2. The van der Waals surface area contributed by atoms with Gasteiger partial charge in [0.05, 0.1) is 24.0 Å². The summed E-state index contributed by atoms with van der Waals surface area (Å²) < 4.78 is 5.02. The Morgan fingerprint density at radius 3 is 2.50 bits per heavy atom. The maximum atomic E-state index is 12.6. The highest BCUT2D eigenvalue weighted by molar-refractivity contribution is 7.16. The molecule has 1 aliphatic rings. The molecule has 2 rings (SSSR count).